The molecule has 1 amide bonds. The van der Waals surface area contributed by atoms with E-state index < -0.39 is 0 Å². The average molecular weight is 454 g/mol. The molecule has 0 aliphatic heterocycles. The van der Waals surface area contributed by atoms with Crippen molar-refractivity contribution in [2.24, 2.45) is 0 Å². The second-order valence-electron chi connectivity index (χ2n) is 6.59. The van der Waals surface area contributed by atoms with Crippen LogP contribution >= 0.6 is 15.9 Å². The molecule has 29 heavy (non-hydrogen) atoms. The number of hydrogen-bond acceptors (Lipinski definition) is 4. The Balaban J connectivity index is 1.25. The van der Waals surface area contributed by atoms with E-state index in [1.807, 2.05) is 47.3 Å². The van der Waals surface area contributed by atoms with Gasteiger partial charge >= 0.3 is 0 Å². The number of rotatable bonds is 8. The monoisotopic (exact) mass is 453 g/mol. The van der Waals surface area contributed by atoms with Crippen molar-refractivity contribution in [3.8, 4) is 5.75 Å². The summed E-state index contributed by atoms with van der Waals surface area (Å²) in [6.07, 6.45) is 4.41. The highest BCUT2D eigenvalue weighted by Gasteiger charge is 2.11. The van der Waals surface area contributed by atoms with Crippen molar-refractivity contribution < 1.29 is 13.9 Å². The normalized spacial score (nSPS) is 10.9. The fourth-order valence-corrected chi connectivity index (χ4v) is 3.31. The molecule has 0 radical (unpaired) electrons. The van der Waals surface area contributed by atoms with Gasteiger partial charge in [-0.25, -0.2) is 0 Å². The van der Waals surface area contributed by atoms with E-state index in [2.05, 4.69) is 32.4 Å². The molecule has 7 heteroatoms. The molecule has 2 heterocycles. The van der Waals surface area contributed by atoms with Crippen molar-refractivity contribution in [3.63, 3.8) is 0 Å². The highest BCUT2D eigenvalue weighted by atomic mass is 79.9. The number of benzene rings is 2. The molecular formula is C22H20BrN3O3. The van der Waals surface area contributed by atoms with Crippen LogP contribution in [0.4, 0.5) is 0 Å². The third-order valence-electron chi connectivity index (χ3n) is 4.44. The lowest BCUT2D eigenvalue weighted by atomic mass is 10.1. The minimum Gasteiger partial charge on any atom is -0.486 e. The molecule has 0 saturated heterocycles. The SMILES string of the molecule is O=C(NCCCn1cc(Br)cn1)c1ccc(COc2ccc3ccccc3c2)o1. The van der Waals surface area contributed by atoms with Crippen LogP contribution in [0.3, 0.4) is 0 Å². The first kappa shape index (κ1) is 19.3. The molecule has 0 saturated carbocycles. The van der Waals surface area contributed by atoms with Crippen molar-refractivity contribution in [2.75, 3.05) is 6.54 Å². The quantitative estimate of drug-likeness (QED) is 0.389. The molecule has 0 fully saturated rings. The lowest BCUT2D eigenvalue weighted by Crippen LogP contribution is -2.24. The maximum atomic E-state index is 12.2. The van der Waals surface area contributed by atoms with E-state index in [4.69, 9.17) is 9.15 Å². The number of fused-ring (bicyclic) bond motifs is 1. The Bertz CT molecular complexity index is 1120. The first-order valence-electron chi connectivity index (χ1n) is 9.34. The highest BCUT2D eigenvalue weighted by molar-refractivity contribution is 9.10. The number of carbonyl (C=O) groups excluding carboxylic acids is 1. The largest absolute Gasteiger partial charge is 0.486 e. The summed E-state index contributed by atoms with van der Waals surface area (Å²) in [7, 11) is 0. The number of carbonyl (C=O) groups is 1. The van der Waals surface area contributed by atoms with Crippen LogP contribution in [0.25, 0.3) is 10.8 Å². The summed E-state index contributed by atoms with van der Waals surface area (Å²) < 4.78 is 14.2. The smallest absolute Gasteiger partial charge is 0.286 e. The van der Waals surface area contributed by atoms with Gasteiger partial charge in [-0.15, -0.1) is 0 Å². The number of ether oxygens (including phenoxy) is 1. The Hall–Kier alpha value is -3.06. The van der Waals surface area contributed by atoms with E-state index in [9.17, 15) is 4.79 Å². The number of amides is 1. The summed E-state index contributed by atoms with van der Waals surface area (Å²) >= 11 is 3.36. The molecule has 6 nitrogen and oxygen atoms in total. The van der Waals surface area contributed by atoms with Crippen molar-refractivity contribution in [3.05, 3.63) is 83.0 Å². The molecule has 0 spiro atoms. The average Bonchev–Trinajstić information content (AvgIpc) is 3.38. The number of nitrogens with one attached hydrogen (secondary N) is 1. The van der Waals surface area contributed by atoms with Gasteiger partial charge in [0.25, 0.3) is 5.91 Å². The summed E-state index contributed by atoms with van der Waals surface area (Å²) in [6, 6.07) is 17.5. The number of halogens is 1. The fourth-order valence-electron chi connectivity index (χ4n) is 2.98. The molecule has 2 aromatic carbocycles. The summed E-state index contributed by atoms with van der Waals surface area (Å²) in [4.78, 5) is 12.2. The van der Waals surface area contributed by atoms with Gasteiger partial charge in [0.15, 0.2) is 5.76 Å². The van der Waals surface area contributed by atoms with Crippen LogP contribution in [-0.2, 0) is 13.2 Å². The van der Waals surface area contributed by atoms with Crippen LogP contribution < -0.4 is 10.1 Å². The Morgan fingerprint density at radius 2 is 2.00 bits per heavy atom. The third kappa shape index (κ3) is 5.06. The molecule has 1 N–H and O–H groups in total. The van der Waals surface area contributed by atoms with Gasteiger partial charge in [-0.3, -0.25) is 9.48 Å². The molecule has 4 rings (SSSR count). The third-order valence-corrected chi connectivity index (χ3v) is 4.85. The number of aromatic nitrogens is 2. The highest BCUT2D eigenvalue weighted by Crippen LogP contribution is 2.21. The Morgan fingerprint density at radius 3 is 2.83 bits per heavy atom. The summed E-state index contributed by atoms with van der Waals surface area (Å²) in [5.41, 5.74) is 0. The van der Waals surface area contributed by atoms with Gasteiger partial charge in [0, 0.05) is 19.3 Å². The van der Waals surface area contributed by atoms with E-state index >= 15 is 0 Å². The van der Waals surface area contributed by atoms with Gasteiger partial charge < -0.3 is 14.5 Å². The molecule has 0 atom stereocenters. The summed E-state index contributed by atoms with van der Waals surface area (Å²) in [6.45, 7) is 1.54. The van der Waals surface area contributed by atoms with Crippen molar-refractivity contribution >= 4 is 32.6 Å². The van der Waals surface area contributed by atoms with Crippen molar-refractivity contribution in [1.82, 2.24) is 15.1 Å². The molecule has 0 aliphatic rings. The Labute approximate surface area is 176 Å². The summed E-state index contributed by atoms with van der Waals surface area (Å²) in [5, 5.41) is 9.32. The van der Waals surface area contributed by atoms with E-state index in [1.165, 1.54) is 0 Å². The lowest BCUT2D eigenvalue weighted by molar-refractivity contribution is 0.0921. The number of hydrogen-bond donors (Lipinski definition) is 1. The van der Waals surface area contributed by atoms with Crippen LogP contribution in [0.1, 0.15) is 22.7 Å². The van der Waals surface area contributed by atoms with Crippen molar-refractivity contribution in [1.29, 1.82) is 0 Å². The maximum absolute atomic E-state index is 12.2. The van der Waals surface area contributed by atoms with Gasteiger partial charge in [0.2, 0.25) is 0 Å². The van der Waals surface area contributed by atoms with E-state index in [-0.39, 0.29) is 18.3 Å². The topological polar surface area (TPSA) is 69.3 Å². The van der Waals surface area contributed by atoms with Gasteiger partial charge in [-0.1, -0.05) is 30.3 Å². The molecule has 0 unspecified atom stereocenters. The first-order valence-corrected chi connectivity index (χ1v) is 10.1. The Morgan fingerprint density at radius 1 is 1.14 bits per heavy atom. The molecule has 2 aromatic heterocycles. The lowest BCUT2D eigenvalue weighted by Gasteiger charge is -2.06. The molecule has 4 aromatic rings. The zero-order valence-corrected chi connectivity index (χ0v) is 17.3. The number of aryl methyl sites for hydroxylation is 1. The van der Waals surface area contributed by atoms with Gasteiger partial charge in [-0.05, 0) is 57.4 Å². The predicted molar refractivity (Wildman–Crippen MR) is 114 cm³/mol. The zero-order chi connectivity index (χ0) is 20.1. The minimum absolute atomic E-state index is 0.233. The second-order valence-corrected chi connectivity index (χ2v) is 7.51. The summed E-state index contributed by atoms with van der Waals surface area (Å²) in [5.74, 6) is 1.41. The predicted octanol–water partition coefficient (Wildman–Crippen LogP) is 4.79. The van der Waals surface area contributed by atoms with Crippen LogP contribution in [0, 0.1) is 0 Å². The number of nitrogens with zero attached hydrogens (tertiary/aromatic N) is 2. The van der Waals surface area contributed by atoms with Crippen LogP contribution in [0.5, 0.6) is 5.75 Å². The minimum atomic E-state index is -0.233. The molecule has 0 bridgehead atoms. The van der Waals surface area contributed by atoms with E-state index in [0.29, 0.717) is 12.3 Å². The van der Waals surface area contributed by atoms with Gasteiger partial charge in [-0.2, -0.15) is 5.10 Å². The van der Waals surface area contributed by atoms with Crippen LogP contribution in [0.2, 0.25) is 0 Å². The van der Waals surface area contributed by atoms with Gasteiger partial charge in [0.05, 0.1) is 10.7 Å². The fraction of sp³-hybridized carbons (Fsp3) is 0.182. The zero-order valence-electron chi connectivity index (χ0n) is 15.7. The van der Waals surface area contributed by atoms with Crippen LogP contribution in [0.15, 0.2) is 75.9 Å². The Kier molecular flexibility index (Phi) is 5.95. The first-order chi connectivity index (χ1) is 14.2. The van der Waals surface area contributed by atoms with Crippen LogP contribution in [-0.4, -0.2) is 22.2 Å². The maximum Gasteiger partial charge on any atom is 0.286 e. The van der Waals surface area contributed by atoms with Crippen molar-refractivity contribution in [2.45, 2.75) is 19.6 Å². The standard InChI is InChI=1S/C22H20BrN3O3/c23-18-13-25-26(14-18)11-3-10-24-22(27)21-9-8-20(29-21)15-28-19-7-6-16-4-1-2-5-17(16)12-19/h1-2,4-9,12-14H,3,10-11,15H2,(H,24,27). The number of furan rings is 1. The second kappa shape index (κ2) is 8.96. The van der Waals surface area contributed by atoms with Gasteiger partial charge in [0.1, 0.15) is 18.1 Å². The van der Waals surface area contributed by atoms with E-state index in [1.54, 1.807) is 18.3 Å². The van der Waals surface area contributed by atoms with E-state index in [0.717, 1.165) is 34.0 Å². The molecular weight excluding hydrogens is 434 g/mol. The molecule has 148 valence electrons. The molecule has 0 aliphatic carbocycles.